The van der Waals surface area contributed by atoms with Crippen LogP contribution in [0.15, 0.2) is 23.0 Å². The molecule has 30 heavy (non-hydrogen) atoms. The van der Waals surface area contributed by atoms with E-state index in [0.717, 1.165) is 54.5 Å². The quantitative estimate of drug-likeness (QED) is 0.472. The summed E-state index contributed by atoms with van der Waals surface area (Å²) in [4.78, 5) is 37.6. The van der Waals surface area contributed by atoms with Crippen LogP contribution in [-0.2, 0) is 27.8 Å². The second kappa shape index (κ2) is 9.14. The fourth-order valence-corrected chi connectivity index (χ4v) is 4.07. The Balaban J connectivity index is 1.42. The molecule has 2 aliphatic rings. The number of aryl methyl sites for hydroxylation is 2. The lowest BCUT2D eigenvalue weighted by atomic mass is 10.1. The molecule has 2 aromatic rings. The first-order valence-electron chi connectivity index (χ1n) is 10.9. The fourth-order valence-electron chi connectivity index (χ4n) is 4.07. The lowest BCUT2D eigenvalue weighted by molar-refractivity contribution is -0.131. The number of fused-ring (bicyclic) bond motifs is 1. The lowest BCUT2D eigenvalue weighted by Crippen LogP contribution is -2.52. The van der Waals surface area contributed by atoms with Gasteiger partial charge in [-0.05, 0) is 56.7 Å². The van der Waals surface area contributed by atoms with Crippen molar-refractivity contribution in [3.63, 3.8) is 0 Å². The van der Waals surface area contributed by atoms with Gasteiger partial charge in [-0.3, -0.25) is 14.2 Å². The van der Waals surface area contributed by atoms with Crippen LogP contribution in [0.1, 0.15) is 50.5 Å². The number of carbonyl (C=O) groups is 2. The fraction of sp³-hybridized carbons (Fsp3) is 0.591. The van der Waals surface area contributed by atoms with Crippen LogP contribution >= 0.6 is 0 Å². The highest BCUT2D eigenvalue weighted by atomic mass is 16.5. The summed E-state index contributed by atoms with van der Waals surface area (Å²) in [5.74, 6) is -0.647. The SMILES string of the molecule is Cn1c(=O)n(N2C(=O)CCCC2=O)c2cccc(CCCOCCCNC3CC3)c21. The molecule has 0 bridgehead atoms. The van der Waals surface area contributed by atoms with Crippen LogP contribution in [0.3, 0.4) is 0 Å². The molecular formula is C22H30N4O4. The summed E-state index contributed by atoms with van der Waals surface area (Å²) in [6.45, 7) is 2.42. The second-order valence-electron chi connectivity index (χ2n) is 8.19. The molecule has 1 saturated carbocycles. The summed E-state index contributed by atoms with van der Waals surface area (Å²) in [6, 6.07) is 6.39. The molecule has 162 valence electrons. The summed E-state index contributed by atoms with van der Waals surface area (Å²) in [5.41, 5.74) is 2.00. The van der Waals surface area contributed by atoms with E-state index in [-0.39, 0.29) is 30.3 Å². The maximum absolute atomic E-state index is 12.9. The molecule has 2 amide bonds. The molecule has 8 nitrogen and oxygen atoms in total. The van der Waals surface area contributed by atoms with Gasteiger partial charge in [0.2, 0.25) is 11.8 Å². The summed E-state index contributed by atoms with van der Waals surface area (Å²) in [7, 11) is 1.69. The van der Waals surface area contributed by atoms with E-state index in [0.29, 0.717) is 18.5 Å². The standard InChI is InChI=1S/C22H30N4O4/c1-24-21-16(7-4-14-30-15-5-13-23-17-11-12-17)6-2-8-18(21)25(22(24)29)26-19(27)9-3-10-20(26)28/h2,6,8,17,23H,3-5,7,9-15H2,1H3. The molecule has 8 heteroatoms. The van der Waals surface area contributed by atoms with Gasteiger partial charge >= 0.3 is 5.69 Å². The van der Waals surface area contributed by atoms with Crippen molar-refractivity contribution >= 4 is 22.8 Å². The number of rotatable bonds is 10. The monoisotopic (exact) mass is 414 g/mol. The first kappa shape index (κ1) is 20.8. The Morgan fingerprint density at radius 2 is 1.80 bits per heavy atom. The highest BCUT2D eigenvalue weighted by Gasteiger charge is 2.31. The van der Waals surface area contributed by atoms with Gasteiger partial charge in [0.25, 0.3) is 0 Å². The molecule has 0 atom stereocenters. The van der Waals surface area contributed by atoms with E-state index in [1.807, 2.05) is 12.1 Å². The predicted octanol–water partition coefficient (Wildman–Crippen LogP) is 1.61. The Labute approximate surface area is 175 Å². The van der Waals surface area contributed by atoms with E-state index >= 15 is 0 Å². The number of hydrogen-bond acceptors (Lipinski definition) is 5. The van der Waals surface area contributed by atoms with Crippen molar-refractivity contribution in [1.82, 2.24) is 14.6 Å². The van der Waals surface area contributed by atoms with Crippen molar-refractivity contribution < 1.29 is 14.3 Å². The third kappa shape index (κ3) is 4.34. The Morgan fingerprint density at radius 3 is 2.53 bits per heavy atom. The number of amides is 2. The van der Waals surface area contributed by atoms with Crippen molar-refractivity contribution in [3.05, 3.63) is 34.2 Å². The smallest absolute Gasteiger partial charge is 0.348 e. The van der Waals surface area contributed by atoms with Gasteiger partial charge < -0.3 is 10.1 Å². The summed E-state index contributed by atoms with van der Waals surface area (Å²) >= 11 is 0. The lowest BCUT2D eigenvalue weighted by Gasteiger charge is -2.25. The van der Waals surface area contributed by atoms with Gasteiger partial charge in [0.15, 0.2) is 0 Å². The van der Waals surface area contributed by atoms with E-state index in [1.54, 1.807) is 13.1 Å². The molecule has 1 aromatic heterocycles. The maximum atomic E-state index is 12.9. The molecule has 2 heterocycles. The van der Waals surface area contributed by atoms with Crippen molar-refractivity contribution in [2.45, 2.75) is 57.4 Å². The molecule has 0 unspecified atom stereocenters. The van der Waals surface area contributed by atoms with Crippen LogP contribution in [0, 0.1) is 0 Å². The minimum absolute atomic E-state index is 0.280. The topological polar surface area (TPSA) is 85.6 Å². The van der Waals surface area contributed by atoms with E-state index in [9.17, 15) is 14.4 Å². The number of hydrogen-bond donors (Lipinski definition) is 1. The van der Waals surface area contributed by atoms with Gasteiger partial charge in [-0.1, -0.05) is 12.1 Å². The first-order chi connectivity index (χ1) is 14.6. The molecule has 2 fully saturated rings. The minimum atomic E-state index is -0.375. The van der Waals surface area contributed by atoms with Crippen LogP contribution in [0.25, 0.3) is 11.0 Å². The van der Waals surface area contributed by atoms with Gasteiger partial charge in [-0.2, -0.15) is 9.69 Å². The average Bonchev–Trinajstić information content (AvgIpc) is 3.52. The number of benzene rings is 1. The Kier molecular flexibility index (Phi) is 6.34. The molecule has 0 radical (unpaired) electrons. The number of nitrogens with one attached hydrogen (secondary N) is 1. The normalized spacial score (nSPS) is 17.3. The zero-order chi connectivity index (χ0) is 21.1. The van der Waals surface area contributed by atoms with E-state index in [4.69, 9.17) is 4.74 Å². The van der Waals surface area contributed by atoms with Crippen molar-refractivity contribution in [2.24, 2.45) is 7.05 Å². The number of carbonyl (C=O) groups excluding carboxylic acids is 2. The predicted molar refractivity (Wildman–Crippen MR) is 114 cm³/mol. The second-order valence-corrected chi connectivity index (χ2v) is 8.19. The summed E-state index contributed by atoms with van der Waals surface area (Å²) < 4.78 is 8.51. The number of imide groups is 1. The van der Waals surface area contributed by atoms with Crippen LogP contribution in [-0.4, -0.2) is 46.9 Å². The molecule has 1 N–H and O–H groups in total. The summed E-state index contributed by atoms with van der Waals surface area (Å²) in [6.07, 6.45) is 6.32. The number of aromatic nitrogens is 2. The zero-order valence-corrected chi connectivity index (χ0v) is 17.6. The largest absolute Gasteiger partial charge is 0.381 e. The number of ether oxygens (including phenoxy) is 1. The van der Waals surface area contributed by atoms with Crippen molar-refractivity contribution in [2.75, 3.05) is 24.8 Å². The molecule has 1 aliphatic carbocycles. The number of para-hydroxylation sites is 1. The molecule has 1 aromatic carbocycles. The van der Waals surface area contributed by atoms with Crippen LogP contribution < -0.4 is 16.0 Å². The molecule has 1 aliphatic heterocycles. The highest BCUT2D eigenvalue weighted by molar-refractivity contribution is 6.11. The van der Waals surface area contributed by atoms with E-state index in [2.05, 4.69) is 5.32 Å². The molecule has 4 rings (SSSR count). The highest BCUT2D eigenvalue weighted by Crippen LogP contribution is 2.21. The molecule has 0 spiro atoms. The van der Waals surface area contributed by atoms with Crippen LogP contribution in [0.4, 0.5) is 0 Å². The minimum Gasteiger partial charge on any atom is -0.381 e. The van der Waals surface area contributed by atoms with Crippen molar-refractivity contribution in [1.29, 1.82) is 0 Å². The van der Waals surface area contributed by atoms with Crippen molar-refractivity contribution in [3.8, 4) is 0 Å². The third-order valence-electron chi connectivity index (χ3n) is 5.79. The van der Waals surface area contributed by atoms with Crippen LogP contribution in [0.5, 0.6) is 0 Å². The van der Waals surface area contributed by atoms with Crippen LogP contribution in [0.2, 0.25) is 0 Å². The number of imidazole rings is 1. The molecular weight excluding hydrogens is 384 g/mol. The Morgan fingerprint density at radius 1 is 1.07 bits per heavy atom. The van der Waals surface area contributed by atoms with E-state index in [1.165, 1.54) is 22.1 Å². The van der Waals surface area contributed by atoms with Gasteiger partial charge in [-0.25, -0.2) is 4.79 Å². The Bertz CT molecular complexity index is 973. The van der Waals surface area contributed by atoms with Gasteiger partial charge in [-0.15, -0.1) is 0 Å². The Hall–Kier alpha value is -2.45. The van der Waals surface area contributed by atoms with E-state index < -0.39 is 0 Å². The molecule has 1 saturated heterocycles. The van der Waals surface area contributed by atoms with Gasteiger partial charge in [0, 0.05) is 39.1 Å². The zero-order valence-electron chi connectivity index (χ0n) is 17.6. The average molecular weight is 415 g/mol. The summed E-state index contributed by atoms with van der Waals surface area (Å²) in [5, 5.41) is 4.50. The third-order valence-corrected chi connectivity index (χ3v) is 5.79. The number of nitrogens with zero attached hydrogens (tertiary/aromatic N) is 3. The van der Waals surface area contributed by atoms with Gasteiger partial charge in [0.05, 0.1) is 11.0 Å². The maximum Gasteiger partial charge on any atom is 0.348 e. The van der Waals surface area contributed by atoms with Gasteiger partial charge in [0.1, 0.15) is 0 Å². The first-order valence-corrected chi connectivity index (χ1v) is 10.9. The number of piperidine rings is 1.